The third kappa shape index (κ3) is 2.14. The maximum atomic E-state index is 4.38. The van der Waals surface area contributed by atoms with Gasteiger partial charge < -0.3 is 5.32 Å². The van der Waals surface area contributed by atoms with E-state index >= 15 is 0 Å². The van der Waals surface area contributed by atoms with E-state index in [4.69, 9.17) is 0 Å². The third-order valence-electron chi connectivity index (χ3n) is 3.34. The summed E-state index contributed by atoms with van der Waals surface area (Å²) in [6.45, 7) is 6.49. The van der Waals surface area contributed by atoms with Gasteiger partial charge in [-0.2, -0.15) is 0 Å². The number of rotatable bonds is 2. The van der Waals surface area contributed by atoms with Gasteiger partial charge in [-0.1, -0.05) is 13.8 Å². The van der Waals surface area contributed by atoms with Gasteiger partial charge in [0.15, 0.2) is 0 Å². The standard InChI is InChI=1S/C11H16BrN3/c1-6-4-10(7(6)2)15-11-9(12)5-13-8(3)14-11/h5-7,10H,4H2,1-3H3,(H,13,14,15). The van der Waals surface area contributed by atoms with Crippen LogP contribution in [-0.4, -0.2) is 16.0 Å². The fraction of sp³-hybridized carbons (Fsp3) is 0.636. The first kappa shape index (κ1) is 10.9. The smallest absolute Gasteiger partial charge is 0.144 e. The van der Waals surface area contributed by atoms with E-state index in [0.717, 1.165) is 28.0 Å². The van der Waals surface area contributed by atoms with Crippen LogP contribution in [0.4, 0.5) is 5.82 Å². The molecule has 0 radical (unpaired) electrons. The van der Waals surface area contributed by atoms with Crippen LogP contribution in [-0.2, 0) is 0 Å². The lowest BCUT2D eigenvalue weighted by Crippen LogP contribution is -2.43. The van der Waals surface area contributed by atoms with Gasteiger partial charge in [0.25, 0.3) is 0 Å². The minimum atomic E-state index is 0.561. The van der Waals surface area contributed by atoms with Gasteiger partial charge in [0.1, 0.15) is 11.6 Å². The van der Waals surface area contributed by atoms with Crippen LogP contribution in [0.25, 0.3) is 0 Å². The molecule has 1 fully saturated rings. The highest BCUT2D eigenvalue weighted by atomic mass is 79.9. The summed E-state index contributed by atoms with van der Waals surface area (Å²) in [4.78, 5) is 8.51. The van der Waals surface area contributed by atoms with Crippen molar-refractivity contribution in [1.29, 1.82) is 0 Å². The zero-order valence-electron chi connectivity index (χ0n) is 9.29. The molecule has 0 aromatic carbocycles. The van der Waals surface area contributed by atoms with Crippen LogP contribution in [0.15, 0.2) is 10.7 Å². The maximum Gasteiger partial charge on any atom is 0.144 e. The normalized spacial score (nSPS) is 29.7. The predicted molar refractivity (Wildman–Crippen MR) is 64.8 cm³/mol. The number of hydrogen-bond donors (Lipinski definition) is 1. The van der Waals surface area contributed by atoms with E-state index in [-0.39, 0.29) is 0 Å². The molecule has 1 N–H and O–H groups in total. The lowest BCUT2D eigenvalue weighted by atomic mass is 9.71. The van der Waals surface area contributed by atoms with E-state index in [9.17, 15) is 0 Å². The van der Waals surface area contributed by atoms with Gasteiger partial charge >= 0.3 is 0 Å². The molecule has 0 bridgehead atoms. The van der Waals surface area contributed by atoms with E-state index in [1.54, 1.807) is 6.20 Å². The van der Waals surface area contributed by atoms with Crippen LogP contribution in [0.3, 0.4) is 0 Å². The van der Waals surface area contributed by atoms with Gasteiger partial charge in [-0.15, -0.1) is 0 Å². The highest BCUT2D eigenvalue weighted by Crippen LogP contribution is 2.36. The molecule has 0 amide bonds. The summed E-state index contributed by atoms with van der Waals surface area (Å²) >= 11 is 3.46. The first-order chi connectivity index (χ1) is 7.08. The summed E-state index contributed by atoms with van der Waals surface area (Å²) in [5, 5.41) is 3.47. The van der Waals surface area contributed by atoms with Crippen LogP contribution >= 0.6 is 15.9 Å². The third-order valence-corrected chi connectivity index (χ3v) is 3.92. The number of aromatic nitrogens is 2. The Morgan fingerprint density at radius 3 is 2.80 bits per heavy atom. The summed E-state index contributed by atoms with van der Waals surface area (Å²) in [6.07, 6.45) is 3.04. The predicted octanol–water partition coefficient (Wildman–Crippen LogP) is 3.00. The topological polar surface area (TPSA) is 37.8 Å². The van der Waals surface area contributed by atoms with Crippen LogP contribution in [0, 0.1) is 18.8 Å². The zero-order chi connectivity index (χ0) is 11.0. The highest BCUT2D eigenvalue weighted by Gasteiger charge is 2.34. The van der Waals surface area contributed by atoms with E-state index in [0.29, 0.717) is 6.04 Å². The second-order valence-corrected chi connectivity index (χ2v) is 5.29. The van der Waals surface area contributed by atoms with E-state index in [2.05, 4.69) is 45.1 Å². The average Bonchev–Trinajstić information content (AvgIpc) is 2.22. The van der Waals surface area contributed by atoms with Crippen molar-refractivity contribution in [2.75, 3.05) is 5.32 Å². The van der Waals surface area contributed by atoms with E-state index in [1.165, 1.54) is 6.42 Å². The molecule has 82 valence electrons. The number of nitrogens with zero attached hydrogens (tertiary/aromatic N) is 2. The van der Waals surface area contributed by atoms with Gasteiger partial charge in [-0.3, -0.25) is 0 Å². The van der Waals surface area contributed by atoms with Crippen molar-refractivity contribution in [3.05, 3.63) is 16.5 Å². The minimum absolute atomic E-state index is 0.561. The number of hydrogen-bond acceptors (Lipinski definition) is 3. The Labute approximate surface area is 98.8 Å². The van der Waals surface area contributed by atoms with E-state index < -0.39 is 0 Å². The summed E-state index contributed by atoms with van der Waals surface area (Å²) in [7, 11) is 0. The SMILES string of the molecule is Cc1ncc(Br)c(NC2CC(C)C2C)n1. The fourth-order valence-electron chi connectivity index (χ4n) is 1.95. The summed E-state index contributed by atoms with van der Waals surface area (Å²) in [5.41, 5.74) is 0. The van der Waals surface area contributed by atoms with Crippen LogP contribution < -0.4 is 5.32 Å². The molecule has 3 atom stereocenters. The van der Waals surface area contributed by atoms with Crippen molar-refractivity contribution in [2.45, 2.75) is 33.2 Å². The molecular weight excluding hydrogens is 254 g/mol. The van der Waals surface area contributed by atoms with Crippen LogP contribution in [0.1, 0.15) is 26.1 Å². The lowest BCUT2D eigenvalue weighted by molar-refractivity contribution is 0.188. The van der Waals surface area contributed by atoms with Gasteiger partial charge in [-0.25, -0.2) is 9.97 Å². The summed E-state index contributed by atoms with van der Waals surface area (Å²) < 4.78 is 0.944. The fourth-order valence-corrected chi connectivity index (χ4v) is 2.26. The molecule has 1 aromatic heterocycles. The molecule has 1 aliphatic rings. The average molecular weight is 270 g/mol. The van der Waals surface area contributed by atoms with Crippen LogP contribution in [0.2, 0.25) is 0 Å². The first-order valence-corrected chi connectivity index (χ1v) is 6.13. The molecule has 0 spiro atoms. The molecule has 3 unspecified atom stereocenters. The molecule has 0 saturated heterocycles. The molecule has 2 rings (SSSR count). The summed E-state index contributed by atoms with van der Waals surface area (Å²) in [5.74, 6) is 3.28. The lowest BCUT2D eigenvalue weighted by Gasteiger charge is -2.41. The largest absolute Gasteiger partial charge is 0.366 e. The second-order valence-electron chi connectivity index (χ2n) is 4.44. The molecule has 4 heteroatoms. The van der Waals surface area contributed by atoms with Crippen molar-refractivity contribution < 1.29 is 0 Å². The molecule has 1 aliphatic carbocycles. The Bertz CT molecular complexity index is 367. The monoisotopic (exact) mass is 269 g/mol. The Morgan fingerprint density at radius 1 is 1.47 bits per heavy atom. The van der Waals surface area contributed by atoms with E-state index in [1.807, 2.05) is 6.92 Å². The number of anilines is 1. The minimum Gasteiger partial charge on any atom is -0.366 e. The Hall–Kier alpha value is -0.640. The Kier molecular flexibility index (Phi) is 2.96. The number of nitrogens with one attached hydrogen (secondary N) is 1. The molecule has 1 aromatic rings. The van der Waals surface area contributed by atoms with Gasteiger partial charge in [0.05, 0.1) is 4.47 Å². The number of aryl methyl sites for hydroxylation is 1. The van der Waals surface area contributed by atoms with Crippen molar-refractivity contribution in [2.24, 2.45) is 11.8 Å². The second kappa shape index (κ2) is 4.08. The first-order valence-electron chi connectivity index (χ1n) is 5.33. The van der Waals surface area contributed by atoms with Crippen molar-refractivity contribution in [3.8, 4) is 0 Å². The molecule has 15 heavy (non-hydrogen) atoms. The number of halogens is 1. The van der Waals surface area contributed by atoms with Gasteiger partial charge in [0.2, 0.25) is 0 Å². The van der Waals surface area contributed by atoms with Crippen molar-refractivity contribution >= 4 is 21.7 Å². The molecule has 3 nitrogen and oxygen atoms in total. The molecule has 1 saturated carbocycles. The highest BCUT2D eigenvalue weighted by molar-refractivity contribution is 9.10. The molecule has 1 heterocycles. The Balaban J connectivity index is 2.08. The van der Waals surface area contributed by atoms with Crippen molar-refractivity contribution in [1.82, 2.24) is 9.97 Å². The maximum absolute atomic E-state index is 4.38. The zero-order valence-corrected chi connectivity index (χ0v) is 10.9. The summed E-state index contributed by atoms with van der Waals surface area (Å²) in [6, 6.07) is 0.561. The quantitative estimate of drug-likeness (QED) is 0.897. The van der Waals surface area contributed by atoms with Crippen molar-refractivity contribution in [3.63, 3.8) is 0 Å². The molecular formula is C11H16BrN3. The Morgan fingerprint density at radius 2 is 2.20 bits per heavy atom. The molecule has 0 aliphatic heterocycles. The van der Waals surface area contributed by atoms with Crippen LogP contribution in [0.5, 0.6) is 0 Å². The van der Waals surface area contributed by atoms with Gasteiger partial charge in [-0.05, 0) is 41.1 Å². The van der Waals surface area contributed by atoms with Gasteiger partial charge in [0, 0.05) is 12.2 Å².